The van der Waals surface area contributed by atoms with Crippen molar-refractivity contribution in [2.75, 3.05) is 0 Å². The van der Waals surface area contributed by atoms with E-state index in [0.717, 1.165) is 24.5 Å². The first-order chi connectivity index (χ1) is 8.86. The Kier molecular flexibility index (Phi) is 6.22. The highest BCUT2D eigenvalue weighted by Gasteiger charge is 2.41. The molecule has 1 aliphatic rings. The Morgan fingerprint density at radius 2 is 1.68 bits per heavy atom. The summed E-state index contributed by atoms with van der Waals surface area (Å²) in [6.45, 7) is 10.4. The highest BCUT2D eigenvalue weighted by molar-refractivity contribution is 5.78. The fraction of sp³-hybridized carbons (Fsp3) is 0.882. The summed E-state index contributed by atoms with van der Waals surface area (Å²) in [7, 11) is 0. The molecule has 0 heterocycles. The molecule has 0 amide bonds. The second kappa shape index (κ2) is 7.21. The zero-order valence-corrected chi connectivity index (χ0v) is 13.2. The van der Waals surface area contributed by atoms with Gasteiger partial charge in [0.15, 0.2) is 0 Å². The summed E-state index contributed by atoms with van der Waals surface area (Å²) in [6, 6.07) is 0. The van der Waals surface area contributed by atoms with Crippen molar-refractivity contribution in [3.05, 3.63) is 0 Å². The number of hydrogen-bond donors (Lipinski definition) is 0. The van der Waals surface area contributed by atoms with Crippen LogP contribution >= 0.6 is 0 Å². The van der Waals surface area contributed by atoms with Crippen LogP contribution in [0.5, 0.6) is 0 Å². The summed E-state index contributed by atoms with van der Waals surface area (Å²) >= 11 is 0. The van der Waals surface area contributed by atoms with Crippen LogP contribution in [0.2, 0.25) is 0 Å². The van der Waals surface area contributed by atoms with Crippen molar-refractivity contribution >= 4 is 12.1 Å². The molecular weight excluding hydrogens is 236 g/mol. The van der Waals surface area contributed by atoms with Gasteiger partial charge in [-0.2, -0.15) is 0 Å². The second-order valence-electron chi connectivity index (χ2n) is 7.09. The molecule has 1 aliphatic carbocycles. The number of ketones is 1. The van der Waals surface area contributed by atoms with E-state index >= 15 is 0 Å². The van der Waals surface area contributed by atoms with Gasteiger partial charge in [-0.15, -0.1) is 0 Å². The zero-order valence-electron chi connectivity index (χ0n) is 13.2. The average Bonchev–Trinajstić information content (AvgIpc) is 3.02. The molecular formula is C17H30O2. The molecule has 0 aromatic rings. The topological polar surface area (TPSA) is 34.1 Å². The van der Waals surface area contributed by atoms with Crippen molar-refractivity contribution in [2.45, 2.75) is 60.3 Å². The van der Waals surface area contributed by atoms with E-state index in [9.17, 15) is 9.59 Å². The van der Waals surface area contributed by atoms with Crippen LogP contribution in [0.15, 0.2) is 0 Å². The molecule has 0 unspecified atom stereocenters. The first kappa shape index (κ1) is 16.4. The fourth-order valence-corrected chi connectivity index (χ4v) is 3.27. The third-order valence-corrected chi connectivity index (χ3v) is 4.90. The molecule has 1 fully saturated rings. The Morgan fingerprint density at radius 1 is 1.11 bits per heavy atom. The lowest BCUT2D eigenvalue weighted by atomic mass is 9.84. The highest BCUT2D eigenvalue weighted by Crippen LogP contribution is 2.49. The summed E-state index contributed by atoms with van der Waals surface area (Å²) in [6.07, 6.45) is 5.25. The van der Waals surface area contributed by atoms with Gasteiger partial charge in [0.1, 0.15) is 12.1 Å². The van der Waals surface area contributed by atoms with Gasteiger partial charge in [-0.3, -0.25) is 4.79 Å². The lowest BCUT2D eigenvalue weighted by Gasteiger charge is -2.20. The maximum absolute atomic E-state index is 11.6. The van der Waals surface area contributed by atoms with E-state index in [4.69, 9.17) is 0 Å². The molecule has 2 heteroatoms. The lowest BCUT2D eigenvalue weighted by molar-refractivity contribution is -0.122. The predicted octanol–water partition coefficient (Wildman–Crippen LogP) is 4.13. The Balaban J connectivity index is 2.41. The minimum Gasteiger partial charge on any atom is -0.303 e. The monoisotopic (exact) mass is 266 g/mol. The summed E-state index contributed by atoms with van der Waals surface area (Å²) in [5, 5.41) is 0. The first-order valence-corrected chi connectivity index (χ1v) is 7.80. The molecule has 19 heavy (non-hydrogen) atoms. The fourth-order valence-electron chi connectivity index (χ4n) is 3.27. The van der Waals surface area contributed by atoms with Crippen molar-refractivity contribution in [1.29, 1.82) is 0 Å². The highest BCUT2D eigenvalue weighted by atomic mass is 16.1. The van der Waals surface area contributed by atoms with Crippen LogP contribution in [-0.4, -0.2) is 12.1 Å². The van der Waals surface area contributed by atoms with Gasteiger partial charge in [-0.05, 0) is 55.8 Å². The van der Waals surface area contributed by atoms with E-state index < -0.39 is 0 Å². The summed E-state index contributed by atoms with van der Waals surface area (Å²) in [5.41, 5.74) is 0. The quantitative estimate of drug-likeness (QED) is 0.588. The normalized spacial score (nSPS) is 25.4. The molecule has 0 N–H and O–H groups in total. The molecule has 0 aromatic heterocycles. The number of aldehydes is 1. The van der Waals surface area contributed by atoms with Gasteiger partial charge in [0, 0.05) is 12.3 Å². The maximum atomic E-state index is 11.6. The molecule has 1 saturated carbocycles. The van der Waals surface area contributed by atoms with Crippen LogP contribution < -0.4 is 0 Å². The third kappa shape index (κ3) is 5.08. The van der Waals surface area contributed by atoms with Crippen LogP contribution in [0.3, 0.4) is 0 Å². The summed E-state index contributed by atoms with van der Waals surface area (Å²) in [4.78, 5) is 22.4. The van der Waals surface area contributed by atoms with Gasteiger partial charge < -0.3 is 4.79 Å². The van der Waals surface area contributed by atoms with Crippen LogP contribution in [0.4, 0.5) is 0 Å². The van der Waals surface area contributed by atoms with Gasteiger partial charge in [-0.1, -0.05) is 27.7 Å². The molecule has 0 radical (unpaired) electrons. The van der Waals surface area contributed by atoms with Gasteiger partial charge in [0.05, 0.1) is 0 Å². The minimum absolute atomic E-state index is 0.235. The molecule has 1 rings (SSSR count). The van der Waals surface area contributed by atoms with Gasteiger partial charge >= 0.3 is 0 Å². The van der Waals surface area contributed by atoms with Crippen molar-refractivity contribution < 1.29 is 9.59 Å². The van der Waals surface area contributed by atoms with Gasteiger partial charge in [0.2, 0.25) is 0 Å². The van der Waals surface area contributed by atoms with Gasteiger partial charge in [-0.25, -0.2) is 0 Å². The number of Topliss-reactive ketones (excluding diaryl/α,β-unsaturated/α-hetero) is 1. The number of carbonyl (C=O) groups excluding carboxylic acids is 2. The molecule has 0 spiro atoms. The van der Waals surface area contributed by atoms with E-state index in [2.05, 4.69) is 27.7 Å². The largest absolute Gasteiger partial charge is 0.303 e. The summed E-state index contributed by atoms with van der Waals surface area (Å²) in [5.74, 6) is 3.63. The van der Waals surface area contributed by atoms with Crippen molar-refractivity contribution in [1.82, 2.24) is 0 Å². The maximum Gasteiger partial charge on any atom is 0.133 e. The van der Waals surface area contributed by atoms with E-state index in [1.54, 1.807) is 6.92 Å². The van der Waals surface area contributed by atoms with Crippen molar-refractivity contribution in [3.63, 3.8) is 0 Å². The number of hydrogen-bond acceptors (Lipinski definition) is 2. The molecule has 0 bridgehead atoms. The predicted molar refractivity (Wildman–Crippen MR) is 78.8 cm³/mol. The molecule has 0 aromatic carbocycles. The number of rotatable bonds is 9. The Hall–Kier alpha value is -0.660. The van der Waals surface area contributed by atoms with Crippen LogP contribution in [0.1, 0.15) is 60.3 Å². The van der Waals surface area contributed by atoms with Crippen LogP contribution in [0, 0.1) is 35.5 Å². The standard InChI is InChI=1S/C17H30O2/c1-11(2)14(6-7-18)8-15-9-16(15)10-17(12(3)4)13(5)19/h7,11-12,14-17H,6,8-10H2,1-5H3/t14-,15+,16+,17-/m0/s1. The Morgan fingerprint density at radius 3 is 2.11 bits per heavy atom. The molecule has 110 valence electrons. The zero-order chi connectivity index (χ0) is 14.6. The van der Waals surface area contributed by atoms with Crippen LogP contribution in [-0.2, 0) is 9.59 Å². The van der Waals surface area contributed by atoms with Gasteiger partial charge in [0.25, 0.3) is 0 Å². The Bertz CT molecular complexity index is 306. The molecule has 4 atom stereocenters. The summed E-state index contributed by atoms with van der Waals surface area (Å²) < 4.78 is 0. The minimum atomic E-state index is 0.235. The van der Waals surface area contributed by atoms with Crippen molar-refractivity contribution in [3.8, 4) is 0 Å². The van der Waals surface area contributed by atoms with Crippen molar-refractivity contribution in [2.24, 2.45) is 35.5 Å². The SMILES string of the molecule is CC(=O)[C@@H](C[C@H]1C[C@H]1C[C@H](CC=O)C(C)C)C(C)C. The molecule has 0 saturated heterocycles. The molecule has 2 nitrogen and oxygen atoms in total. The van der Waals surface area contributed by atoms with E-state index in [0.29, 0.717) is 30.0 Å². The second-order valence-corrected chi connectivity index (χ2v) is 7.09. The number of carbonyl (C=O) groups is 2. The van der Waals surface area contributed by atoms with E-state index in [1.807, 2.05) is 0 Å². The average molecular weight is 266 g/mol. The smallest absolute Gasteiger partial charge is 0.133 e. The molecule has 0 aliphatic heterocycles. The lowest BCUT2D eigenvalue weighted by Crippen LogP contribution is -2.18. The van der Waals surface area contributed by atoms with Crippen LogP contribution in [0.25, 0.3) is 0 Å². The van der Waals surface area contributed by atoms with E-state index in [1.165, 1.54) is 12.8 Å². The Labute approximate surface area is 118 Å². The third-order valence-electron chi connectivity index (χ3n) is 4.90. The van der Waals surface area contributed by atoms with E-state index in [-0.39, 0.29) is 5.92 Å². The first-order valence-electron chi connectivity index (χ1n) is 7.80.